The van der Waals surface area contributed by atoms with Crippen LogP contribution in [0.2, 0.25) is 0 Å². The lowest BCUT2D eigenvalue weighted by atomic mass is 10.2. The van der Waals surface area contributed by atoms with Crippen molar-refractivity contribution in [3.05, 3.63) is 0 Å². The molecule has 0 aromatic heterocycles. The second-order valence-corrected chi connectivity index (χ2v) is 4.66. The number of aliphatic hydroxyl groups is 1. The standard InChI is InChI=1S/C11H23N3O.2ClH/c15-9-8-13-4-6-14(7-5-13)10-11-2-1-3-12-11;;/h11-12,15H,1-10H2;2*1H. The zero-order chi connectivity index (χ0) is 10.5. The molecule has 2 aliphatic rings. The van der Waals surface area contributed by atoms with Gasteiger partial charge >= 0.3 is 0 Å². The van der Waals surface area contributed by atoms with E-state index in [1.807, 2.05) is 0 Å². The van der Waals surface area contributed by atoms with Gasteiger partial charge in [0.15, 0.2) is 0 Å². The van der Waals surface area contributed by atoms with Gasteiger partial charge in [0, 0.05) is 45.3 Å². The molecule has 17 heavy (non-hydrogen) atoms. The summed E-state index contributed by atoms with van der Waals surface area (Å²) in [5.41, 5.74) is 0. The highest BCUT2D eigenvalue weighted by Crippen LogP contribution is 2.09. The van der Waals surface area contributed by atoms with E-state index in [4.69, 9.17) is 5.11 Å². The smallest absolute Gasteiger partial charge is 0.0558 e. The minimum absolute atomic E-state index is 0. The van der Waals surface area contributed by atoms with E-state index >= 15 is 0 Å². The molecule has 6 heteroatoms. The molecule has 1 atom stereocenters. The lowest BCUT2D eigenvalue weighted by Crippen LogP contribution is -2.50. The van der Waals surface area contributed by atoms with E-state index in [2.05, 4.69) is 15.1 Å². The van der Waals surface area contributed by atoms with E-state index in [9.17, 15) is 0 Å². The molecular weight excluding hydrogens is 261 g/mol. The highest BCUT2D eigenvalue weighted by Gasteiger charge is 2.21. The van der Waals surface area contributed by atoms with Crippen molar-refractivity contribution >= 4 is 24.8 Å². The van der Waals surface area contributed by atoms with Gasteiger partial charge in [-0.2, -0.15) is 0 Å². The van der Waals surface area contributed by atoms with Gasteiger partial charge in [-0.15, -0.1) is 24.8 Å². The summed E-state index contributed by atoms with van der Waals surface area (Å²) in [6.07, 6.45) is 2.69. The van der Waals surface area contributed by atoms with Crippen LogP contribution in [0.3, 0.4) is 0 Å². The maximum atomic E-state index is 8.85. The van der Waals surface area contributed by atoms with Crippen molar-refractivity contribution in [3.8, 4) is 0 Å². The average molecular weight is 286 g/mol. The zero-order valence-electron chi connectivity index (χ0n) is 10.3. The number of nitrogens with zero attached hydrogens (tertiary/aromatic N) is 2. The van der Waals surface area contributed by atoms with Gasteiger partial charge in [0.25, 0.3) is 0 Å². The Balaban J connectivity index is 0.00000128. The molecule has 2 aliphatic heterocycles. The van der Waals surface area contributed by atoms with Crippen LogP contribution in [0.5, 0.6) is 0 Å². The molecule has 0 radical (unpaired) electrons. The fraction of sp³-hybridized carbons (Fsp3) is 1.00. The fourth-order valence-electron chi connectivity index (χ4n) is 2.56. The Kier molecular flexibility index (Phi) is 9.59. The number of aliphatic hydroxyl groups excluding tert-OH is 1. The van der Waals surface area contributed by atoms with Gasteiger partial charge in [0.2, 0.25) is 0 Å². The van der Waals surface area contributed by atoms with Crippen LogP contribution in [0.1, 0.15) is 12.8 Å². The van der Waals surface area contributed by atoms with Gasteiger partial charge in [-0.25, -0.2) is 0 Å². The van der Waals surface area contributed by atoms with E-state index in [1.54, 1.807) is 0 Å². The number of hydrogen-bond donors (Lipinski definition) is 2. The number of nitrogens with one attached hydrogen (secondary N) is 1. The van der Waals surface area contributed by atoms with E-state index in [0.29, 0.717) is 6.61 Å². The van der Waals surface area contributed by atoms with Crippen LogP contribution in [0.15, 0.2) is 0 Å². The number of rotatable bonds is 4. The van der Waals surface area contributed by atoms with Crippen molar-refractivity contribution in [2.75, 3.05) is 52.4 Å². The van der Waals surface area contributed by atoms with Crippen molar-refractivity contribution in [1.29, 1.82) is 0 Å². The Morgan fingerprint density at radius 1 is 1.06 bits per heavy atom. The summed E-state index contributed by atoms with van der Waals surface area (Å²) >= 11 is 0. The average Bonchev–Trinajstić information content (AvgIpc) is 2.74. The molecule has 0 spiro atoms. The highest BCUT2D eigenvalue weighted by atomic mass is 35.5. The third-order valence-electron chi connectivity index (χ3n) is 3.52. The molecule has 104 valence electrons. The molecule has 2 N–H and O–H groups in total. The third-order valence-corrected chi connectivity index (χ3v) is 3.52. The van der Waals surface area contributed by atoms with Gasteiger partial charge in [0.1, 0.15) is 0 Å². The minimum atomic E-state index is 0. The van der Waals surface area contributed by atoms with Crippen LogP contribution in [-0.2, 0) is 0 Å². The quantitative estimate of drug-likeness (QED) is 0.774. The summed E-state index contributed by atoms with van der Waals surface area (Å²) in [6, 6.07) is 0.731. The number of halogens is 2. The Hall–Kier alpha value is 0.420. The molecule has 2 heterocycles. The highest BCUT2D eigenvalue weighted by molar-refractivity contribution is 5.85. The zero-order valence-corrected chi connectivity index (χ0v) is 11.9. The second kappa shape index (κ2) is 9.36. The SMILES string of the molecule is Cl.Cl.OCCN1CCN(CC2CCCN2)CC1. The molecule has 0 aliphatic carbocycles. The Morgan fingerprint density at radius 3 is 2.24 bits per heavy atom. The molecule has 0 aromatic rings. The van der Waals surface area contributed by atoms with Crippen molar-refractivity contribution in [1.82, 2.24) is 15.1 Å². The van der Waals surface area contributed by atoms with Gasteiger partial charge in [-0.05, 0) is 19.4 Å². The van der Waals surface area contributed by atoms with Crippen LogP contribution in [0.25, 0.3) is 0 Å². The van der Waals surface area contributed by atoms with Crippen molar-refractivity contribution < 1.29 is 5.11 Å². The fourth-order valence-corrected chi connectivity index (χ4v) is 2.56. The number of β-amino-alcohol motifs (C(OH)–C–C–N with tert-alkyl or cyclic N) is 1. The third kappa shape index (κ3) is 5.73. The maximum absolute atomic E-state index is 8.85. The van der Waals surface area contributed by atoms with Crippen LogP contribution < -0.4 is 5.32 Å². The maximum Gasteiger partial charge on any atom is 0.0558 e. The topological polar surface area (TPSA) is 38.7 Å². The van der Waals surface area contributed by atoms with E-state index in [0.717, 1.165) is 38.8 Å². The summed E-state index contributed by atoms with van der Waals surface area (Å²) in [6.45, 7) is 8.12. The van der Waals surface area contributed by atoms with Crippen LogP contribution >= 0.6 is 24.8 Å². The molecule has 0 amide bonds. The summed E-state index contributed by atoms with van der Waals surface area (Å²) < 4.78 is 0. The molecule has 0 aromatic carbocycles. The molecule has 0 saturated carbocycles. The lowest BCUT2D eigenvalue weighted by molar-refractivity contribution is 0.107. The molecule has 1 unspecified atom stereocenters. The minimum Gasteiger partial charge on any atom is -0.395 e. The van der Waals surface area contributed by atoms with Crippen molar-refractivity contribution in [2.24, 2.45) is 0 Å². The van der Waals surface area contributed by atoms with Gasteiger partial charge in [-0.1, -0.05) is 0 Å². The Labute approximate surface area is 117 Å². The number of piperazine rings is 1. The Bertz CT molecular complexity index is 184. The first kappa shape index (κ1) is 17.4. The van der Waals surface area contributed by atoms with Gasteiger partial charge < -0.3 is 10.4 Å². The van der Waals surface area contributed by atoms with E-state index in [1.165, 1.54) is 25.9 Å². The lowest BCUT2D eigenvalue weighted by Gasteiger charge is -2.35. The van der Waals surface area contributed by atoms with Crippen molar-refractivity contribution in [2.45, 2.75) is 18.9 Å². The molecular formula is C11H25Cl2N3O. The number of hydrogen-bond acceptors (Lipinski definition) is 4. The monoisotopic (exact) mass is 285 g/mol. The molecule has 4 nitrogen and oxygen atoms in total. The predicted molar refractivity (Wildman–Crippen MR) is 75.5 cm³/mol. The van der Waals surface area contributed by atoms with Gasteiger partial charge in [-0.3, -0.25) is 9.80 Å². The van der Waals surface area contributed by atoms with Gasteiger partial charge in [0.05, 0.1) is 6.61 Å². The predicted octanol–water partition coefficient (Wildman–Crippen LogP) is 0.192. The van der Waals surface area contributed by atoms with Crippen molar-refractivity contribution in [3.63, 3.8) is 0 Å². The van der Waals surface area contributed by atoms with E-state index in [-0.39, 0.29) is 24.8 Å². The summed E-state index contributed by atoms with van der Waals surface area (Å²) in [5, 5.41) is 12.4. The first-order chi connectivity index (χ1) is 7.38. The largest absolute Gasteiger partial charge is 0.395 e. The second-order valence-electron chi connectivity index (χ2n) is 4.66. The van der Waals surface area contributed by atoms with Crippen LogP contribution in [0, 0.1) is 0 Å². The summed E-state index contributed by atoms with van der Waals surface area (Å²) in [7, 11) is 0. The normalized spacial score (nSPS) is 26.3. The summed E-state index contributed by atoms with van der Waals surface area (Å²) in [5.74, 6) is 0. The molecule has 2 rings (SSSR count). The summed E-state index contributed by atoms with van der Waals surface area (Å²) in [4.78, 5) is 4.90. The van der Waals surface area contributed by atoms with E-state index < -0.39 is 0 Å². The molecule has 2 saturated heterocycles. The van der Waals surface area contributed by atoms with Crippen LogP contribution in [-0.4, -0.2) is 73.4 Å². The molecule has 0 bridgehead atoms. The first-order valence-corrected chi connectivity index (χ1v) is 6.17. The first-order valence-electron chi connectivity index (χ1n) is 6.17. The molecule has 2 fully saturated rings. The van der Waals surface area contributed by atoms with Crippen LogP contribution in [0.4, 0.5) is 0 Å². The Morgan fingerprint density at radius 2 is 1.71 bits per heavy atom.